The molecular formula is C41H48N4O10. The second-order valence-corrected chi connectivity index (χ2v) is 16.4. The number of nitrogens with zero attached hydrogens (tertiary/aromatic N) is 2. The van der Waals surface area contributed by atoms with Gasteiger partial charge in [0.2, 0.25) is 24.1 Å². The number of aliphatic hydroxyl groups excluding tert-OH is 1. The number of carbonyl (C=O) groups is 4. The maximum absolute atomic E-state index is 14.8. The first kappa shape index (κ1) is 36.9. The molecule has 5 heterocycles. The van der Waals surface area contributed by atoms with Crippen LogP contribution >= 0.6 is 0 Å². The fourth-order valence-corrected chi connectivity index (χ4v) is 8.43. The molecule has 3 amide bonds. The van der Waals surface area contributed by atoms with E-state index in [1.165, 1.54) is 4.90 Å². The highest BCUT2D eigenvalue weighted by molar-refractivity contribution is 5.98. The number of alkyl carbamates (subject to hydrolysis) is 1. The Kier molecular flexibility index (Phi) is 9.35. The van der Waals surface area contributed by atoms with Crippen molar-refractivity contribution in [3.8, 4) is 29.1 Å². The molecule has 1 aromatic heterocycles. The van der Waals surface area contributed by atoms with Crippen molar-refractivity contribution in [2.75, 3.05) is 19.9 Å². The normalized spacial score (nSPS) is 30.5. The summed E-state index contributed by atoms with van der Waals surface area (Å²) in [6.07, 6.45) is 6.99. The maximum atomic E-state index is 14.8. The molecule has 2 aromatic rings. The molecule has 8 rings (SSSR count). The molecule has 1 spiro atoms. The first-order valence-electron chi connectivity index (χ1n) is 19.4. The van der Waals surface area contributed by atoms with Gasteiger partial charge in [0.15, 0.2) is 11.5 Å². The van der Waals surface area contributed by atoms with Crippen LogP contribution in [0.25, 0.3) is 10.9 Å². The molecular weight excluding hydrogens is 708 g/mol. The van der Waals surface area contributed by atoms with Crippen molar-refractivity contribution in [2.24, 2.45) is 5.92 Å². The number of nitrogens with one attached hydrogen (secondary N) is 2. The Morgan fingerprint density at radius 1 is 1.11 bits per heavy atom. The van der Waals surface area contributed by atoms with Crippen molar-refractivity contribution in [3.63, 3.8) is 0 Å². The van der Waals surface area contributed by atoms with Crippen molar-refractivity contribution in [1.82, 2.24) is 20.5 Å². The lowest BCUT2D eigenvalue weighted by atomic mass is 9.76. The van der Waals surface area contributed by atoms with Crippen LogP contribution in [0.15, 0.2) is 24.3 Å². The van der Waals surface area contributed by atoms with Crippen molar-refractivity contribution >= 4 is 34.8 Å². The molecule has 0 bridgehead atoms. The monoisotopic (exact) mass is 756 g/mol. The fraction of sp³-hybridized carbons (Fsp3) is 0.585. The van der Waals surface area contributed by atoms with E-state index in [0.29, 0.717) is 58.7 Å². The molecule has 292 valence electrons. The van der Waals surface area contributed by atoms with E-state index < -0.39 is 64.7 Å². The van der Waals surface area contributed by atoms with Gasteiger partial charge in [-0.1, -0.05) is 36.8 Å². The van der Waals surface area contributed by atoms with Gasteiger partial charge in [0.25, 0.3) is 0 Å². The van der Waals surface area contributed by atoms with Crippen LogP contribution < -0.4 is 24.8 Å². The molecule has 6 aliphatic rings. The molecule has 55 heavy (non-hydrogen) atoms. The van der Waals surface area contributed by atoms with Gasteiger partial charge in [-0.3, -0.25) is 9.59 Å². The molecule has 1 aromatic carbocycles. The highest BCUT2D eigenvalue weighted by Gasteiger charge is 2.58. The first-order valence-corrected chi connectivity index (χ1v) is 19.4. The fourth-order valence-electron chi connectivity index (χ4n) is 8.43. The molecule has 2 aliphatic carbocycles. The van der Waals surface area contributed by atoms with E-state index in [0.717, 1.165) is 25.7 Å². The van der Waals surface area contributed by atoms with Gasteiger partial charge in [-0.2, -0.15) is 0 Å². The number of pyridine rings is 1. The van der Waals surface area contributed by atoms with Crippen LogP contribution in [-0.2, 0) is 23.9 Å². The zero-order chi connectivity index (χ0) is 38.7. The number of benzene rings is 1. The smallest absolute Gasteiger partial charge is 0.408 e. The first-order chi connectivity index (χ1) is 26.3. The number of ether oxygens (including phenoxy) is 5. The summed E-state index contributed by atoms with van der Waals surface area (Å²) in [6, 6.07) is 1.48. The Balaban J connectivity index is 1.19. The van der Waals surface area contributed by atoms with E-state index in [1.54, 1.807) is 27.7 Å². The predicted octanol–water partition coefficient (Wildman–Crippen LogP) is 4.46. The highest BCUT2D eigenvalue weighted by Crippen LogP contribution is 2.56. The lowest BCUT2D eigenvalue weighted by Gasteiger charge is -2.39. The number of allylic oxidation sites excluding steroid dienone is 1. The van der Waals surface area contributed by atoms with Gasteiger partial charge in [0.05, 0.1) is 41.8 Å². The lowest BCUT2D eigenvalue weighted by molar-refractivity contribution is -0.153. The van der Waals surface area contributed by atoms with E-state index in [2.05, 4.69) is 22.5 Å². The quantitative estimate of drug-likeness (QED) is 0.228. The van der Waals surface area contributed by atoms with Crippen LogP contribution in [-0.4, -0.2) is 87.6 Å². The zero-order valence-electron chi connectivity index (χ0n) is 31.7. The lowest BCUT2D eigenvalue weighted by Crippen LogP contribution is -2.65. The van der Waals surface area contributed by atoms with Gasteiger partial charge in [0, 0.05) is 24.3 Å². The Morgan fingerprint density at radius 2 is 1.93 bits per heavy atom. The number of rotatable bonds is 4. The van der Waals surface area contributed by atoms with Gasteiger partial charge in [-0.05, 0) is 71.9 Å². The number of esters is 1. The third-order valence-corrected chi connectivity index (χ3v) is 11.2. The van der Waals surface area contributed by atoms with Gasteiger partial charge in [0.1, 0.15) is 29.0 Å². The maximum Gasteiger partial charge on any atom is 0.408 e. The van der Waals surface area contributed by atoms with Gasteiger partial charge < -0.3 is 44.3 Å². The summed E-state index contributed by atoms with van der Waals surface area (Å²) < 4.78 is 29.5. The average molecular weight is 757 g/mol. The molecule has 3 N–H and O–H groups in total. The topological polar surface area (TPSA) is 175 Å². The number of aliphatic hydroxyl groups is 1. The largest absolute Gasteiger partial charge is 0.483 e. The van der Waals surface area contributed by atoms with Crippen LogP contribution in [0, 0.1) is 17.8 Å². The summed E-state index contributed by atoms with van der Waals surface area (Å²) in [6.45, 7) is 6.95. The van der Waals surface area contributed by atoms with Crippen molar-refractivity contribution in [2.45, 2.75) is 126 Å². The standard InChI is InChI=1S/C41H48N4O10/c1-5-51-37(49)41-18-17-24(41)11-9-7-6-8-10-12-26(43-38(50)55-39(2,3)4)36(48)45-21-40(19-27(45)35(47)44-41)20-28(46)31-30-25(15-16-29-33(30)53-22-52-29)42-32(23-13-14-23)34(31)54-40/h9,11,15-16,23-24,26-28,46H,5-8,10,12-14,19-22H2,1-4H3,(H,43,50)(H,44,47)/b11-9-/t24-,26+,27+,28?,40+,41-/m1/s1. The zero-order valence-corrected chi connectivity index (χ0v) is 31.7. The predicted molar refractivity (Wildman–Crippen MR) is 197 cm³/mol. The molecule has 1 unspecified atom stereocenters. The Hall–Kier alpha value is -5.03. The molecule has 2 fully saturated rings. The number of aromatic nitrogens is 1. The highest BCUT2D eigenvalue weighted by atomic mass is 16.7. The molecule has 14 nitrogen and oxygen atoms in total. The Morgan fingerprint density at radius 3 is 2.65 bits per heavy atom. The van der Waals surface area contributed by atoms with Crippen molar-refractivity contribution in [1.29, 1.82) is 0 Å². The number of fused-ring (bicyclic) bond motifs is 7. The summed E-state index contributed by atoms with van der Waals surface area (Å²) in [5.74, 6) is 5.04. The average Bonchev–Trinajstić information content (AvgIpc) is 3.73. The van der Waals surface area contributed by atoms with Crippen LogP contribution in [0.5, 0.6) is 17.2 Å². The number of hydrogen-bond donors (Lipinski definition) is 3. The Bertz CT molecular complexity index is 2030. The number of carbonyl (C=O) groups excluding carboxylic acids is 4. The van der Waals surface area contributed by atoms with Gasteiger partial charge in [-0.15, -0.1) is 0 Å². The van der Waals surface area contributed by atoms with E-state index in [1.807, 2.05) is 24.3 Å². The minimum Gasteiger partial charge on any atom is -0.483 e. The van der Waals surface area contributed by atoms with E-state index >= 15 is 0 Å². The molecule has 6 atom stereocenters. The van der Waals surface area contributed by atoms with E-state index in [4.69, 9.17) is 28.7 Å². The Labute approximate surface area is 319 Å². The summed E-state index contributed by atoms with van der Waals surface area (Å²) in [4.78, 5) is 62.6. The third kappa shape index (κ3) is 6.81. The van der Waals surface area contributed by atoms with E-state index in [9.17, 15) is 24.3 Å². The summed E-state index contributed by atoms with van der Waals surface area (Å²) in [5.41, 5.74) is -1.78. The van der Waals surface area contributed by atoms with Crippen LogP contribution in [0.3, 0.4) is 0 Å². The van der Waals surface area contributed by atoms with Crippen molar-refractivity contribution < 1.29 is 48.0 Å². The summed E-state index contributed by atoms with van der Waals surface area (Å²) in [5, 5.41) is 18.4. The number of amides is 3. The minimum absolute atomic E-state index is 0.0122. The summed E-state index contributed by atoms with van der Waals surface area (Å²) >= 11 is 0. The summed E-state index contributed by atoms with van der Waals surface area (Å²) in [7, 11) is 0. The van der Waals surface area contributed by atoms with Crippen LogP contribution in [0.2, 0.25) is 0 Å². The third-order valence-electron chi connectivity index (χ3n) is 11.2. The molecule has 4 aliphatic heterocycles. The van der Waals surface area contributed by atoms with Crippen LogP contribution in [0.1, 0.15) is 109 Å². The van der Waals surface area contributed by atoms with Crippen molar-refractivity contribution in [3.05, 3.63) is 35.5 Å². The molecule has 0 radical (unpaired) electrons. The molecule has 14 heteroatoms. The molecule has 1 saturated heterocycles. The minimum atomic E-state index is -1.65. The number of hydrogen-bond acceptors (Lipinski definition) is 11. The van der Waals surface area contributed by atoms with Crippen LogP contribution in [0.4, 0.5) is 4.79 Å². The van der Waals surface area contributed by atoms with E-state index in [-0.39, 0.29) is 38.7 Å². The van der Waals surface area contributed by atoms with Gasteiger partial charge in [-0.25, -0.2) is 14.6 Å². The van der Waals surface area contributed by atoms with Gasteiger partial charge >= 0.3 is 12.1 Å². The second kappa shape index (κ2) is 13.9. The second-order valence-electron chi connectivity index (χ2n) is 16.4. The SMILES string of the molecule is CCOC(=O)[C@@]12C#C[C@H]1/C=C\CCCCC[C@H](NC(=O)OC(C)(C)C)C(=O)N1C[C@@]3(CC(O)c4c(c(C5CC5)nc5ccc6c(c45)OCO6)O3)C[C@H]1C(=O)N2. The molecule has 1 saturated carbocycles.